The summed E-state index contributed by atoms with van der Waals surface area (Å²) in [4.78, 5) is 0. The molecule has 1 unspecified atom stereocenters. The molecule has 16 heavy (non-hydrogen) atoms. The van der Waals surface area contributed by atoms with Gasteiger partial charge in [-0.2, -0.15) is 0 Å². The van der Waals surface area contributed by atoms with Gasteiger partial charge in [0, 0.05) is 12.6 Å². The minimum Gasteiger partial charge on any atom is -0.376 e. The highest BCUT2D eigenvalue weighted by Gasteiger charge is 2.27. The van der Waals surface area contributed by atoms with Crippen LogP contribution in [0.1, 0.15) is 39.5 Å². The standard InChI is InChI=1S/C13H25NO2/c1-13(2)5-3-11(4-6-13)14-9-12-10-15-7-8-16-12/h11-12,14H,3-10H2,1-2H3. The molecule has 2 rings (SSSR count). The quantitative estimate of drug-likeness (QED) is 0.799. The first-order valence-electron chi connectivity index (χ1n) is 6.58. The third-order valence-corrected chi connectivity index (χ3v) is 3.86. The van der Waals surface area contributed by atoms with Crippen molar-refractivity contribution in [2.24, 2.45) is 5.41 Å². The summed E-state index contributed by atoms with van der Waals surface area (Å²) < 4.78 is 11.0. The van der Waals surface area contributed by atoms with Crippen molar-refractivity contribution in [1.82, 2.24) is 5.32 Å². The van der Waals surface area contributed by atoms with Crippen molar-refractivity contribution in [2.45, 2.75) is 51.7 Å². The van der Waals surface area contributed by atoms with E-state index in [1.807, 2.05) is 0 Å². The molecule has 0 amide bonds. The van der Waals surface area contributed by atoms with E-state index in [0.29, 0.717) is 11.5 Å². The Bertz CT molecular complexity index is 202. The highest BCUT2D eigenvalue weighted by Crippen LogP contribution is 2.34. The highest BCUT2D eigenvalue weighted by atomic mass is 16.6. The molecule has 1 aliphatic carbocycles. The van der Waals surface area contributed by atoms with Crippen molar-refractivity contribution in [2.75, 3.05) is 26.4 Å². The normalized spacial score (nSPS) is 31.5. The number of nitrogens with one attached hydrogen (secondary N) is 1. The Hall–Kier alpha value is -0.120. The Balaban J connectivity index is 1.63. The van der Waals surface area contributed by atoms with Crippen LogP contribution < -0.4 is 5.32 Å². The predicted molar refractivity (Wildman–Crippen MR) is 64.6 cm³/mol. The zero-order chi connectivity index (χ0) is 11.4. The lowest BCUT2D eigenvalue weighted by Gasteiger charge is -2.35. The molecule has 0 radical (unpaired) electrons. The molecule has 3 nitrogen and oxygen atoms in total. The molecule has 3 heteroatoms. The summed E-state index contributed by atoms with van der Waals surface area (Å²) in [6.45, 7) is 7.97. The van der Waals surface area contributed by atoms with Crippen molar-refractivity contribution in [3.8, 4) is 0 Å². The lowest BCUT2D eigenvalue weighted by Crippen LogP contribution is -2.43. The van der Waals surface area contributed by atoms with Gasteiger partial charge in [-0.05, 0) is 31.1 Å². The Morgan fingerprint density at radius 1 is 1.19 bits per heavy atom. The van der Waals surface area contributed by atoms with Crippen LogP contribution in [0.15, 0.2) is 0 Å². The predicted octanol–water partition coefficient (Wildman–Crippen LogP) is 1.96. The van der Waals surface area contributed by atoms with Crippen LogP contribution in [-0.2, 0) is 9.47 Å². The van der Waals surface area contributed by atoms with Gasteiger partial charge in [0.15, 0.2) is 0 Å². The van der Waals surface area contributed by atoms with E-state index >= 15 is 0 Å². The van der Waals surface area contributed by atoms with Gasteiger partial charge >= 0.3 is 0 Å². The minimum absolute atomic E-state index is 0.267. The SMILES string of the molecule is CC1(C)CCC(NCC2COCCO2)CC1. The van der Waals surface area contributed by atoms with E-state index in [9.17, 15) is 0 Å². The number of ether oxygens (including phenoxy) is 2. The molecule has 1 heterocycles. The third-order valence-electron chi connectivity index (χ3n) is 3.86. The Labute approximate surface area is 98.9 Å². The molecule has 2 fully saturated rings. The smallest absolute Gasteiger partial charge is 0.0933 e. The van der Waals surface area contributed by atoms with Gasteiger partial charge in [-0.25, -0.2) is 0 Å². The topological polar surface area (TPSA) is 30.5 Å². The van der Waals surface area contributed by atoms with E-state index in [-0.39, 0.29) is 6.10 Å². The van der Waals surface area contributed by atoms with E-state index in [1.54, 1.807) is 0 Å². The average molecular weight is 227 g/mol. The Morgan fingerprint density at radius 2 is 1.94 bits per heavy atom. The molecule has 1 aliphatic heterocycles. The highest BCUT2D eigenvalue weighted by molar-refractivity contribution is 4.82. The summed E-state index contributed by atoms with van der Waals surface area (Å²) in [6.07, 6.45) is 5.56. The minimum atomic E-state index is 0.267. The summed E-state index contributed by atoms with van der Waals surface area (Å²) in [6, 6.07) is 0.693. The first-order chi connectivity index (χ1) is 7.66. The van der Waals surface area contributed by atoms with E-state index in [0.717, 1.165) is 26.4 Å². The fourth-order valence-corrected chi connectivity index (χ4v) is 2.56. The van der Waals surface area contributed by atoms with Crippen molar-refractivity contribution in [1.29, 1.82) is 0 Å². The van der Waals surface area contributed by atoms with Gasteiger partial charge < -0.3 is 14.8 Å². The van der Waals surface area contributed by atoms with Crippen LogP contribution in [0, 0.1) is 5.41 Å². The molecule has 94 valence electrons. The van der Waals surface area contributed by atoms with Crippen molar-refractivity contribution in [3.05, 3.63) is 0 Å². The molecule has 2 aliphatic rings. The van der Waals surface area contributed by atoms with Gasteiger partial charge in [0.25, 0.3) is 0 Å². The Morgan fingerprint density at radius 3 is 2.56 bits per heavy atom. The second-order valence-electron chi connectivity index (χ2n) is 5.91. The van der Waals surface area contributed by atoms with Crippen molar-refractivity contribution in [3.63, 3.8) is 0 Å². The second kappa shape index (κ2) is 5.48. The summed E-state index contributed by atoms with van der Waals surface area (Å²) in [5.41, 5.74) is 0.558. The van der Waals surface area contributed by atoms with Gasteiger partial charge in [0.05, 0.1) is 25.9 Å². The first-order valence-corrected chi connectivity index (χ1v) is 6.58. The Kier molecular flexibility index (Phi) is 4.22. The monoisotopic (exact) mass is 227 g/mol. The maximum atomic E-state index is 5.62. The van der Waals surface area contributed by atoms with E-state index in [2.05, 4.69) is 19.2 Å². The van der Waals surface area contributed by atoms with E-state index < -0.39 is 0 Å². The van der Waals surface area contributed by atoms with Crippen LogP contribution >= 0.6 is 0 Å². The maximum absolute atomic E-state index is 5.62. The summed E-state index contributed by atoms with van der Waals surface area (Å²) >= 11 is 0. The van der Waals surface area contributed by atoms with Gasteiger partial charge in [-0.15, -0.1) is 0 Å². The number of hydrogen-bond donors (Lipinski definition) is 1. The van der Waals surface area contributed by atoms with Crippen LogP contribution in [-0.4, -0.2) is 38.5 Å². The zero-order valence-electron chi connectivity index (χ0n) is 10.6. The average Bonchev–Trinajstić information content (AvgIpc) is 2.29. The van der Waals surface area contributed by atoms with E-state index in [4.69, 9.17) is 9.47 Å². The molecule has 1 atom stereocenters. The molecule has 0 aromatic rings. The lowest BCUT2D eigenvalue weighted by atomic mass is 9.75. The lowest BCUT2D eigenvalue weighted by molar-refractivity contribution is -0.0874. The van der Waals surface area contributed by atoms with Gasteiger partial charge in [0.1, 0.15) is 0 Å². The van der Waals surface area contributed by atoms with E-state index in [1.165, 1.54) is 25.7 Å². The fraction of sp³-hybridized carbons (Fsp3) is 1.00. The van der Waals surface area contributed by atoms with Crippen LogP contribution in [0.3, 0.4) is 0 Å². The van der Waals surface area contributed by atoms with Crippen LogP contribution in [0.5, 0.6) is 0 Å². The molecule has 1 saturated heterocycles. The summed E-state index contributed by atoms with van der Waals surface area (Å²) in [5.74, 6) is 0. The molecule has 0 aromatic carbocycles. The molecular formula is C13H25NO2. The van der Waals surface area contributed by atoms with Crippen LogP contribution in [0.25, 0.3) is 0 Å². The third kappa shape index (κ3) is 3.72. The maximum Gasteiger partial charge on any atom is 0.0933 e. The number of rotatable bonds is 3. The van der Waals surface area contributed by atoms with Gasteiger partial charge in [-0.1, -0.05) is 13.8 Å². The molecule has 1 saturated carbocycles. The first kappa shape index (κ1) is 12.3. The second-order valence-corrected chi connectivity index (χ2v) is 5.91. The zero-order valence-corrected chi connectivity index (χ0v) is 10.6. The van der Waals surface area contributed by atoms with Crippen molar-refractivity contribution >= 4 is 0 Å². The largest absolute Gasteiger partial charge is 0.376 e. The van der Waals surface area contributed by atoms with Gasteiger partial charge in [-0.3, -0.25) is 0 Å². The van der Waals surface area contributed by atoms with Crippen LogP contribution in [0.2, 0.25) is 0 Å². The summed E-state index contributed by atoms with van der Waals surface area (Å²) in [7, 11) is 0. The molecule has 0 spiro atoms. The fourth-order valence-electron chi connectivity index (χ4n) is 2.56. The molecule has 0 bridgehead atoms. The number of hydrogen-bond acceptors (Lipinski definition) is 3. The molecule has 1 N–H and O–H groups in total. The summed E-state index contributed by atoms with van der Waals surface area (Å²) in [5, 5.41) is 3.62. The molecule has 0 aromatic heterocycles. The molecular weight excluding hydrogens is 202 g/mol. The van der Waals surface area contributed by atoms with Gasteiger partial charge in [0.2, 0.25) is 0 Å². The van der Waals surface area contributed by atoms with Crippen molar-refractivity contribution < 1.29 is 9.47 Å². The van der Waals surface area contributed by atoms with Crippen LogP contribution in [0.4, 0.5) is 0 Å².